The van der Waals surface area contributed by atoms with Crippen LogP contribution < -0.4 is 11.1 Å². The van der Waals surface area contributed by atoms with E-state index in [1.54, 1.807) is 6.20 Å². The van der Waals surface area contributed by atoms with Gasteiger partial charge in [-0.1, -0.05) is 12.2 Å². The third-order valence-corrected chi connectivity index (χ3v) is 3.09. The van der Waals surface area contributed by atoms with Crippen LogP contribution in [0.1, 0.15) is 25.5 Å². The SMILES string of the molecule is CCOC1CC(Nc2cccnc2C(N)=S)C1. The molecule has 0 aromatic carbocycles. The van der Waals surface area contributed by atoms with Gasteiger partial charge in [-0.25, -0.2) is 0 Å². The van der Waals surface area contributed by atoms with Gasteiger partial charge < -0.3 is 15.8 Å². The number of nitrogens with one attached hydrogen (secondary N) is 1. The smallest absolute Gasteiger partial charge is 0.124 e. The predicted molar refractivity (Wildman–Crippen MR) is 72.2 cm³/mol. The van der Waals surface area contributed by atoms with E-state index in [9.17, 15) is 0 Å². The summed E-state index contributed by atoms with van der Waals surface area (Å²) in [5, 5.41) is 3.41. The summed E-state index contributed by atoms with van der Waals surface area (Å²) in [5.41, 5.74) is 7.21. The van der Waals surface area contributed by atoms with Crippen molar-refractivity contribution in [3.8, 4) is 0 Å². The minimum Gasteiger partial charge on any atom is -0.388 e. The standard InChI is InChI=1S/C12H17N3OS/c1-2-16-9-6-8(7-9)15-10-4-3-5-14-11(10)12(13)17/h3-5,8-9,15H,2,6-7H2,1H3,(H2,13,17). The van der Waals surface area contributed by atoms with Crippen LogP contribution in [0.3, 0.4) is 0 Å². The Bertz CT molecular complexity index is 404. The third-order valence-electron chi connectivity index (χ3n) is 2.90. The second-order valence-corrected chi connectivity index (χ2v) is 4.59. The van der Waals surface area contributed by atoms with Crippen molar-refractivity contribution in [2.24, 2.45) is 5.73 Å². The van der Waals surface area contributed by atoms with Crippen LogP contribution in [0.25, 0.3) is 0 Å². The molecule has 0 spiro atoms. The number of aromatic nitrogens is 1. The molecule has 0 amide bonds. The molecule has 17 heavy (non-hydrogen) atoms. The second kappa shape index (κ2) is 5.42. The normalized spacial score (nSPS) is 22.9. The van der Waals surface area contributed by atoms with E-state index in [-0.39, 0.29) is 0 Å². The third kappa shape index (κ3) is 2.92. The van der Waals surface area contributed by atoms with Gasteiger partial charge in [-0.15, -0.1) is 0 Å². The largest absolute Gasteiger partial charge is 0.388 e. The van der Waals surface area contributed by atoms with Crippen molar-refractivity contribution in [3.63, 3.8) is 0 Å². The Balaban J connectivity index is 1.94. The fraction of sp³-hybridized carbons (Fsp3) is 0.500. The number of hydrogen-bond acceptors (Lipinski definition) is 4. The molecular weight excluding hydrogens is 234 g/mol. The number of thiocarbonyl (C=S) groups is 1. The van der Waals surface area contributed by atoms with Crippen molar-refractivity contribution in [2.45, 2.75) is 31.9 Å². The summed E-state index contributed by atoms with van der Waals surface area (Å²) in [6.45, 7) is 2.80. The van der Waals surface area contributed by atoms with Crippen molar-refractivity contribution in [1.82, 2.24) is 4.98 Å². The van der Waals surface area contributed by atoms with Crippen molar-refractivity contribution < 1.29 is 4.74 Å². The average Bonchev–Trinajstić information content (AvgIpc) is 2.26. The molecule has 1 aliphatic rings. The molecule has 0 radical (unpaired) electrons. The monoisotopic (exact) mass is 251 g/mol. The molecule has 0 atom stereocenters. The summed E-state index contributed by atoms with van der Waals surface area (Å²) in [6.07, 6.45) is 4.14. The molecule has 5 heteroatoms. The molecule has 0 unspecified atom stereocenters. The van der Waals surface area contributed by atoms with Gasteiger partial charge in [0, 0.05) is 18.8 Å². The summed E-state index contributed by atoms with van der Waals surface area (Å²) in [4.78, 5) is 4.51. The fourth-order valence-corrected chi connectivity index (χ4v) is 2.16. The maximum Gasteiger partial charge on any atom is 0.124 e. The highest BCUT2D eigenvalue weighted by atomic mass is 32.1. The molecule has 1 heterocycles. The van der Waals surface area contributed by atoms with E-state index in [4.69, 9.17) is 22.7 Å². The molecule has 0 bridgehead atoms. The molecule has 92 valence electrons. The van der Waals surface area contributed by atoms with E-state index in [0.29, 0.717) is 22.8 Å². The van der Waals surface area contributed by atoms with Gasteiger partial charge in [-0.2, -0.15) is 0 Å². The molecule has 1 aromatic rings. The Labute approximate surface area is 107 Å². The van der Waals surface area contributed by atoms with E-state index in [0.717, 1.165) is 25.1 Å². The van der Waals surface area contributed by atoms with Crippen LogP contribution >= 0.6 is 12.2 Å². The lowest BCUT2D eigenvalue weighted by Crippen LogP contribution is -2.41. The maximum atomic E-state index is 5.63. The Hall–Kier alpha value is -1.20. The first kappa shape index (κ1) is 12.3. The molecule has 3 N–H and O–H groups in total. The van der Waals surface area contributed by atoms with Crippen LogP contribution in [-0.2, 0) is 4.74 Å². The fourth-order valence-electron chi connectivity index (χ4n) is 1.99. The first-order chi connectivity index (χ1) is 8.20. The van der Waals surface area contributed by atoms with E-state index in [1.807, 2.05) is 19.1 Å². The number of hydrogen-bond donors (Lipinski definition) is 2. The van der Waals surface area contributed by atoms with Crippen LogP contribution in [0.2, 0.25) is 0 Å². The molecule has 1 aromatic heterocycles. The topological polar surface area (TPSA) is 60.2 Å². The van der Waals surface area contributed by atoms with Gasteiger partial charge in [0.15, 0.2) is 0 Å². The van der Waals surface area contributed by atoms with Gasteiger partial charge in [0.25, 0.3) is 0 Å². The number of ether oxygens (including phenoxy) is 1. The van der Waals surface area contributed by atoms with Gasteiger partial charge in [0.1, 0.15) is 10.7 Å². The maximum absolute atomic E-state index is 5.63. The highest BCUT2D eigenvalue weighted by Gasteiger charge is 2.29. The summed E-state index contributed by atoms with van der Waals surface area (Å²) in [7, 11) is 0. The van der Waals surface area contributed by atoms with Crippen LogP contribution in [0.15, 0.2) is 18.3 Å². The zero-order valence-electron chi connectivity index (χ0n) is 9.85. The van der Waals surface area contributed by atoms with E-state index >= 15 is 0 Å². The zero-order valence-corrected chi connectivity index (χ0v) is 10.7. The lowest BCUT2D eigenvalue weighted by Gasteiger charge is -2.36. The molecule has 0 saturated heterocycles. The zero-order chi connectivity index (χ0) is 12.3. The van der Waals surface area contributed by atoms with E-state index in [2.05, 4.69) is 10.3 Å². The Morgan fingerprint density at radius 3 is 3.06 bits per heavy atom. The average molecular weight is 251 g/mol. The highest BCUT2D eigenvalue weighted by Crippen LogP contribution is 2.27. The van der Waals surface area contributed by atoms with Crippen LogP contribution in [0.5, 0.6) is 0 Å². The van der Waals surface area contributed by atoms with E-state index in [1.165, 1.54) is 0 Å². The summed E-state index contributed by atoms with van der Waals surface area (Å²) < 4.78 is 5.52. The lowest BCUT2D eigenvalue weighted by molar-refractivity contribution is 0.00298. The molecule has 1 saturated carbocycles. The number of rotatable bonds is 5. The van der Waals surface area contributed by atoms with Crippen molar-refractivity contribution >= 4 is 22.9 Å². The van der Waals surface area contributed by atoms with Gasteiger partial charge in [0.2, 0.25) is 0 Å². The summed E-state index contributed by atoms with van der Waals surface area (Å²) in [6, 6.07) is 4.27. The number of anilines is 1. The lowest BCUT2D eigenvalue weighted by atomic mass is 9.89. The van der Waals surface area contributed by atoms with Crippen molar-refractivity contribution in [3.05, 3.63) is 24.0 Å². The van der Waals surface area contributed by atoms with Crippen LogP contribution in [0.4, 0.5) is 5.69 Å². The Kier molecular flexibility index (Phi) is 3.91. The Morgan fingerprint density at radius 2 is 2.41 bits per heavy atom. The van der Waals surface area contributed by atoms with Gasteiger partial charge in [-0.05, 0) is 31.9 Å². The molecule has 2 rings (SSSR count). The van der Waals surface area contributed by atoms with Gasteiger partial charge >= 0.3 is 0 Å². The van der Waals surface area contributed by atoms with Crippen molar-refractivity contribution in [1.29, 1.82) is 0 Å². The van der Waals surface area contributed by atoms with Crippen molar-refractivity contribution in [2.75, 3.05) is 11.9 Å². The van der Waals surface area contributed by atoms with Crippen LogP contribution in [0, 0.1) is 0 Å². The molecule has 4 nitrogen and oxygen atoms in total. The number of nitrogens with two attached hydrogens (primary N) is 1. The first-order valence-electron chi connectivity index (χ1n) is 5.83. The molecule has 1 fully saturated rings. The minimum atomic E-state index is 0.328. The predicted octanol–water partition coefficient (Wildman–Crippen LogP) is 1.70. The quantitative estimate of drug-likeness (QED) is 0.780. The first-order valence-corrected chi connectivity index (χ1v) is 6.24. The summed E-state index contributed by atoms with van der Waals surface area (Å²) in [5.74, 6) is 0. The van der Waals surface area contributed by atoms with Gasteiger partial charge in [0.05, 0.1) is 11.8 Å². The summed E-state index contributed by atoms with van der Waals surface area (Å²) >= 11 is 4.97. The molecule has 0 aliphatic heterocycles. The minimum absolute atomic E-state index is 0.328. The van der Waals surface area contributed by atoms with Crippen LogP contribution in [-0.4, -0.2) is 28.7 Å². The number of nitrogens with zero attached hydrogens (tertiary/aromatic N) is 1. The second-order valence-electron chi connectivity index (χ2n) is 4.15. The number of pyridine rings is 1. The Morgan fingerprint density at radius 1 is 1.65 bits per heavy atom. The van der Waals surface area contributed by atoms with Gasteiger partial charge in [-0.3, -0.25) is 4.98 Å². The van der Waals surface area contributed by atoms with E-state index < -0.39 is 0 Å². The highest BCUT2D eigenvalue weighted by molar-refractivity contribution is 7.80. The molecule has 1 aliphatic carbocycles. The molecular formula is C12H17N3OS.